The molecule has 1 N–H and O–H groups in total. The maximum atomic E-state index is 12.8. The topological polar surface area (TPSA) is 49.4 Å². The van der Waals surface area contributed by atoms with Crippen molar-refractivity contribution in [2.75, 3.05) is 0 Å². The van der Waals surface area contributed by atoms with E-state index in [1.807, 2.05) is 31.4 Å². The second-order valence-corrected chi connectivity index (χ2v) is 6.82. The van der Waals surface area contributed by atoms with Gasteiger partial charge in [0.1, 0.15) is 11.1 Å². The minimum Gasteiger partial charge on any atom is -0.340 e. The summed E-state index contributed by atoms with van der Waals surface area (Å²) in [5.74, 6) is -0.0437. The maximum Gasteiger partial charge on any atom is 0.248 e. The van der Waals surface area contributed by atoms with E-state index in [0.29, 0.717) is 19.4 Å². The number of amides is 2. The van der Waals surface area contributed by atoms with E-state index < -0.39 is 11.1 Å². The zero-order chi connectivity index (χ0) is 15.0. The molecule has 5 heteroatoms. The highest BCUT2D eigenvalue weighted by Crippen LogP contribution is 2.34. The van der Waals surface area contributed by atoms with Crippen LogP contribution in [0.3, 0.4) is 0 Å². The maximum absolute atomic E-state index is 12.8. The molecule has 0 aliphatic carbocycles. The molecule has 0 bridgehead atoms. The molecule has 0 radical (unpaired) electrons. The molecule has 110 valence electrons. The molecular formula is C15H22N2O2S. The third-order valence-electron chi connectivity index (χ3n) is 4.21. The molecule has 0 unspecified atom stereocenters. The highest BCUT2D eigenvalue weighted by molar-refractivity contribution is 7.09. The van der Waals surface area contributed by atoms with Gasteiger partial charge in [-0.2, -0.15) is 0 Å². The summed E-state index contributed by atoms with van der Waals surface area (Å²) in [5.41, 5.74) is -1.56. The van der Waals surface area contributed by atoms with Gasteiger partial charge in [0.15, 0.2) is 0 Å². The van der Waals surface area contributed by atoms with Gasteiger partial charge in [-0.1, -0.05) is 19.9 Å². The SMILES string of the molecule is CCC1(CC)C(=O)NC(C)(C)C(=O)N1Cc1cccs1. The first-order valence-electron chi connectivity index (χ1n) is 7.04. The van der Waals surface area contributed by atoms with E-state index in [0.717, 1.165) is 4.88 Å². The Labute approximate surface area is 124 Å². The van der Waals surface area contributed by atoms with Crippen LogP contribution in [-0.2, 0) is 16.1 Å². The van der Waals surface area contributed by atoms with Crippen LogP contribution in [0.25, 0.3) is 0 Å². The normalized spacial score (nSPS) is 20.9. The fraction of sp³-hybridized carbons (Fsp3) is 0.600. The Hall–Kier alpha value is -1.36. The van der Waals surface area contributed by atoms with Gasteiger partial charge in [-0.15, -0.1) is 11.3 Å². The van der Waals surface area contributed by atoms with Crippen molar-refractivity contribution in [3.8, 4) is 0 Å². The molecule has 2 amide bonds. The second kappa shape index (κ2) is 5.20. The first-order valence-corrected chi connectivity index (χ1v) is 7.92. The smallest absolute Gasteiger partial charge is 0.248 e. The van der Waals surface area contributed by atoms with Crippen LogP contribution < -0.4 is 5.32 Å². The summed E-state index contributed by atoms with van der Waals surface area (Å²) < 4.78 is 0. The summed E-state index contributed by atoms with van der Waals surface area (Å²) in [7, 11) is 0. The average Bonchev–Trinajstić information content (AvgIpc) is 2.89. The lowest BCUT2D eigenvalue weighted by Gasteiger charge is -2.50. The van der Waals surface area contributed by atoms with Crippen molar-refractivity contribution in [2.24, 2.45) is 0 Å². The molecule has 1 saturated heterocycles. The molecule has 1 aromatic rings. The predicted molar refractivity (Wildman–Crippen MR) is 80.4 cm³/mol. The second-order valence-electron chi connectivity index (χ2n) is 5.79. The van der Waals surface area contributed by atoms with Crippen LogP contribution in [0.5, 0.6) is 0 Å². The van der Waals surface area contributed by atoms with Crippen molar-refractivity contribution in [3.05, 3.63) is 22.4 Å². The first-order chi connectivity index (χ1) is 9.37. The molecule has 1 aliphatic rings. The van der Waals surface area contributed by atoms with Crippen molar-refractivity contribution in [1.29, 1.82) is 0 Å². The Morgan fingerprint density at radius 2 is 1.90 bits per heavy atom. The summed E-state index contributed by atoms with van der Waals surface area (Å²) >= 11 is 1.62. The van der Waals surface area contributed by atoms with Crippen LogP contribution in [-0.4, -0.2) is 27.8 Å². The molecule has 20 heavy (non-hydrogen) atoms. The van der Waals surface area contributed by atoms with E-state index in [9.17, 15) is 9.59 Å². The standard InChI is InChI=1S/C15H22N2O2S/c1-5-15(6-2)12(18)16-14(3,4)13(19)17(15)10-11-8-7-9-20-11/h7-9H,5-6,10H2,1-4H3,(H,16,18). The van der Waals surface area contributed by atoms with Crippen molar-refractivity contribution in [1.82, 2.24) is 10.2 Å². The molecule has 4 nitrogen and oxygen atoms in total. The number of thiophene rings is 1. The van der Waals surface area contributed by atoms with Gasteiger partial charge in [0.25, 0.3) is 0 Å². The number of nitrogens with zero attached hydrogens (tertiary/aromatic N) is 1. The summed E-state index contributed by atoms with van der Waals surface area (Å²) in [6, 6.07) is 3.98. The number of piperazine rings is 1. The van der Waals surface area contributed by atoms with Crippen molar-refractivity contribution in [2.45, 2.75) is 58.2 Å². The molecule has 0 saturated carbocycles. The van der Waals surface area contributed by atoms with E-state index in [1.165, 1.54) is 0 Å². The van der Waals surface area contributed by atoms with Crippen LogP contribution in [0.15, 0.2) is 17.5 Å². The zero-order valence-electron chi connectivity index (χ0n) is 12.5. The van der Waals surface area contributed by atoms with E-state index in [4.69, 9.17) is 0 Å². The largest absolute Gasteiger partial charge is 0.340 e. The van der Waals surface area contributed by atoms with Gasteiger partial charge in [-0.05, 0) is 38.1 Å². The van der Waals surface area contributed by atoms with Crippen molar-refractivity contribution in [3.63, 3.8) is 0 Å². The molecule has 1 fully saturated rings. The third-order valence-corrected chi connectivity index (χ3v) is 5.07. The number of carbonyl (C=O) groups excluding carboxylic acids is 2. The fourth-order valence-electron chi connectivity index (χ4n) is 2.84. The fourth-order valence-corrected chi connectivity index (χ4v) is 3.54. The van der Waals surface area contributed by atoms with Crippen molar-refractivity contribution < 1.29 is 9.59 Å². The monoisotopic (exact) mass is 294 g/mol. The van der Waals surface area contributed by atoms with Gasteiger partial charge < -0.3 is 10.2 Å². The molecule has 2 rings (SSSR count). The molecule has 2 heterocycles. The summed E-state index contributed by atoms with van der Waals surface area (Å²) in [5, 5.41) is 4.88. The Bertz CT molecular complexity index is 504. The Balaban J connectivity index is 2.43. The Morgan fingerprint density at radius 1 is 1.25 bits per heavy atom. The lowest BCUT2D eigenvalue weighted by Crippen LogP contribution is -2.73. The highest BCUT2D eigenvalue weighted by atomic mass is 32.1. The van der Waals surface area contributed by atoms with Crippen LogP contribution in [0.2, 0.25) is 0 Å². The number of hydrogen-bond donors (Lipinski definition) is 1. The van der Waals surface area contributed by atoms with E-state index in [-0.39, 0.29) is 11.8 Å². The highest BCUT2D eigenvalue weighted by Gasteiger charge is 2.53. The van der Waals surface area contributed by atoms with Crippen LogP contribution in [0, 0.1) is 0 Å². The summed E-state index contributed by atoms with van der Waals surface area (Å²) in [6.07, 6.45) is 1.26. The number of hydrogen-bond acceptors (Lipinski definition) is 3. The minimum absolute atomic E-state index is 0.00537. The Morgan fingerprint density at radius 3 is 2.40 bits per heavy atom. The molecule has 1 aromatic heterocycles. The lowest BCUT2D eigenvalue weighted by atomic mass is 9.82. The predicted octanol–water partition coefficient (Wildman–Crippen LogP) is 2.54. The molecule has 0 aromatic carbocycles. The lowest BCUT2D eigenvalue weighted by molar-refractivity contribution is -0.163. The molecule has 1 aliphatic heterocycles. The molecule has 0 atom stereocenters. The van der Waals surface area contributed by atoms with Crippen LogP contribution in [0.1, 0.15) is 45.4 Å². The molecular weight excluding hydrogens is 272 g/mol. The first kappa shape index (κ1) is 15.0. The average molecular weight is 294 g/mol. The van der Waals surface area contributed by atoms with Gasteiger partial charge in [0.05, 0.1) is 6.54 Å². The van der Waals surface area contributed by atoms with Crippen LogP contribution >= 0.6 is 11.3 Å². The number of carbonyl (C=O) groups is 2. The third kappa shape index (κ3) is 2.24. The van der Waals surface area contributed by atoms with Gasteiger partial charge in [-0.3, -0.25) is 9.59 Å². The summed E-state index contributed by atoms with van der Waals surface area (Å²) in [4.78, 5) is 28.2. The van der Waals surface area contributed by atoms with Crippen LogP contribution in [0.4, 0.5) is 0 Å². The van der Waals surface area contributed by atoms with Crippen molar-refractivity contribution >= 4 is 23.2 Å². The molecule has 0 spiro atoms. The van der Waals surface area contributed by atoms with E-state index in [1.54, 1.807) is 30.1 Å². The number of rotatable bonds is 4. The zero-order valence-corrected chi connectivity index (χ0v) is 13.3. The minimum atomic E-state index is -0.831. The quantitative estimate of drug-likeness (QED) is 0.927. The van der Waals surface area contributed by atoms with Gasteiger partial charge in [0.2, 0.25) is 11.8 Å². The Kier molecular flexibility index (Phi) is 3.91. The van der Waals surface area contributed by atoms with E-state index >= 15 is 0 Å². The van der Waals surface area contributed by atoms with Gasteiger partial charge in [0, 0.05) is 4.88 Å². The van der Waals surface area contributed by atoms with Gasteiger partial charge in [-0.25, -0.2) is 0 Å². The van der Waals surface area contributed by atoms with E-state index in [2.05, 4.69) is 5.32 Å². The number of nitrogens with one attached hydrogen (secondary N) is 1. The summed E-state index contributed by atoms with van der Waals surface area (Å²) in [6.45, 7) is 7.98. The van der Waals surface area contributed by atoms with Gasteiger partial charge >= 0.3 is 0 Å².